The molecule has 0 aliphatic carbocycles. The summed E-state index contributed by atoms with van der Waals surface area (Å²) in [6.45, 7) is 2.24. The summed E-state index contributed by atoms with van der Waals surface area (Å²) in [5.74, 6) is 1.07. The molecule has 0 spiro atoms. The third-order valence-electron chi connectivity index (χ3n) is 6.06. The second-order valence-electron chi connectivity index (χ2n) is 8.14. The molecule has 1 amide bonds. The summed E-state index contributed by atoms with van der Waals surface area (Å²) in [6, 6.07) is 20.1. The number of benzene rings is 2. The van der Waals surface area contributed by atoms with Crippen LogP contribution < -0.4 is 10.2 Å². The van der Waals surface area contributed by atoms with E-state index >= 15 is 0 Å². The van der Waals surface area contributed by atoms with E-state index in [0.29, 0.717) is 13.1 Å². The summed E-state index contributed by atoms with van der Waals surface area (Å²) >= 11 is 5.94. The first-order valence-corrected chi connectivity index (χ1v) is 11.2. The SMILES string of the molecule is O=C(NCCc1ccc(Cl)cc1)[C@@H]1CCCN(c2nc3ccccc3n3cccc23)C1. The molecular formula is C25H25ClN4O. The molecular weight excluding hydrogens is 408 g/mol. The molecule has 1 N–H and O–H groups in total. The Hall–Kier alpha value is -3.05. The predicted molar refractivity (Wildman–Crippen MR) is 126 cm³/mol. The maximum absolute atomic E-state index is 12.9. The van der Waals surface area contributed by atoms with Gasteiger partial charge in [-0.05, 0) is 61.2 Å². The summed E-state index contributed by atoms with van der Waals surface area (Å²) in [7, 11) is 0. The highest BCUT2D eigenvalue weighted by Gasteiger charge is 2.27. The van der Waals surface area contributed by atoms with Gasteiger partial charge in [0.15, 0.2) is 5.82 Å². The zero-order chi connectivity index (χ0) is 21.2. The minimum atomic E-state index is -0.0257. The standard InChI is InChI=1S/C25H25ClN4O/c26-20-11-9-18(10-12-20)13-14-27-25(31)19-5-3-15-29(17-19)24-23-8-4-16-30(23)22-7-2-1-6-21(22)28-24/h1-2,4,6-12,16,19H,3,5,13-15,17H2,(H,27,31)/t19-/m1/s1. The molecule has 0 bridgehead atoms. The smallest absolute Gasteiger partial charge is 0.224 e. The van der Waals surface area contributed by atoms with Crippen molar-refractivity contribution in [1.29, 1.82) is 0 Å². The van der Waals surface area contributed by atoms with Crippen molar-refractivity contribution < 1.29 is 4.79 Å². The largest absolute Gasteiger partial charge is 0.355 e. The van der Waals surface area contributed by atoms with Crippen LogP contribution in [0.4, 0.5) is 5.82 Å². The number of rotatable bonds is 5. The van der Waals surface area contributed by atoms with E-state index in [1.165, 1.54) is 5.56 Å². The molecule has 0 unspecified atom stereocenters. The van der Waals surface area contributed by atoms with Crippen LogP contribution in [0.5, 0.6) is 0 Å². The van der Waals surface area contributed by atoms with Gasteiger partial charge in [-0.15, -0.1) is 0 Å². The van der Waals surface area contributed by atoms with Crippen LogP contribution in [-0.4, -0.2) is 34.9 Å². The normalized spacial score (nSPS) is 16.7. The summed E-state index contributed by atoms with van der Waals surface area (Å²) in [5, 5.41) is 3.86. The molecule has 158 valence electrons. The van der Waals surface area contributed by atoms with Gasteiger partial charge >= 0.3 is 0 Å². The molecule has 4 aromatic rings. The number of nitrogens with one attached hydrogen (secondary N) is 1. The Labute approximate surface area is 186 Å². The van der Waals surface area contributed by atoms with Gasteiger partial charge in [0.25, 0.3) is 0 Å². The first kappa shape index (κ1) is 19.9. The van der Waals surface area contributed by atoms with E-state index < -0.39 is 0 Å². The Morgan fingerprint density at radius 3 is 2.74 bits per heavy atom. The Bertz CT molecular complexity index is 1220. The lowest BCUT2D eigenvalue weighted by Gasteiger charge is -2.33. The lowest BCUT2D eigenvalue weighted by atomic mass is 9.97. The van der Waals surface area contributed by atoms with E-state index in [2.05, 4.69) is 39.0 Å². The van der Waals surface area contributed by atoms with E-state index in [4.69, 9.17) is 16.6 Å². The van der Waals surface area contributed by atoms with Crippen molar-refractivity contribution in [2.45, 2.75) is 19.3 Å². The quantitative estimate of drug-likeness (QED) is 0.496. The van der Waals surface area contributed by atoms with Crippen LogP contribution in [0.2, 0.25) is 5.02 Å². The van der Waals surface area contributed by atoms with Crippen molar-refractivity contribution in [2.24, 2.45) is 5.92 Å². The third kappa shape index (κ3) is 4.10. The number of aromatic nitrogens is 2. The van der Waals surface area contributed by atoms with E-state index in [-0.39, 0.29) is 11.8 Å². The number of hydrogen-bond acceptors (Lipinski definition) is 3. The molecule has 1 aliphatic heterocycles. The number of anilines is 1. The number of para-hydroxylation sites is 2. The highest BCUT2D eigenvalue weighted by molar-refractivity contribution is 6.30. The summed E-state index contributed by atoms with van der Waals surface area (Å²) in [4.78, 5) is 20.1. The molecule has 0 saturated carbocycles. The first-order chi connectivity index (χ1) is 15.2. The van der Waals surface area contributed by atoms with Gasteiger partial charge in [-0.3, -0.25) is 4.79 Å². The number of halogens is 1. The van der Waals surface area contributed by atoms with Crippen LogP contribution in [0.3, 0.4) is 0 Å². The van der Waals surface area contributed by atoms with E-state index in [0.717, 1.165) is 53.2 Å². The van der Waals surface area contributed by atoms with Crippen LogP contribution in [0.25, 0.3) is 16.6 Å². The van der Waals surface area contributed by atoms with Crippen LogP contribution >= 0.6 is 11.6 Å². The number of hydrogen-bond donors (Lipinski definition) is 1. The second-order valence-corrected chi connectivity index (χ2v) is 8.58. The molecule has 31 heavy (non-hydrogen) atoms. The zero-order valence-electron chi connectivity index (χ0n) is 17.3. The van der Waals surface area contributed by atoms with Gasteiger partial charge in [0.1, 0.15) is 0 Å². The lowest BCUT2D eigenvalue weighted by Crippen LogP contribution is -2.44. The molecule has 3 heterocycles. The lowest BCUT2D eigenvalue weighted by molar-refractivity contribution is -0.125. The molecule has 2 aromatic heterocycles. The van der Waals surface area contributed by atoms with Gasteiger partial charge in [0.2, 0.25) is 5.91 Å². The molecule has 1 atom stereocenters. The topological polar surface area (TPSA) is 49.6 Å². The molecule has 5 rings (SSSR count). The van der Waals surface area contributed by atoms with Crippen molar-refractivity contribution in [2.75, 3.05) is 24.5 Å². The van der Waals surface area contributed by atoms with Gasteiger partial charge in [0, 0.05) is 30.9 Å². The van der Waals surface area contributed by atoms with Crippen LogP contribution in [-0.2, 0) is 11.2 Å². The first-order valence-electron chi connectivity index (χ1n) is 10.8. The molecule has 5 nitrogen and oxygen atoms in total. The van der Waals surface area contributed by atoms with Gasteiger partial charge in [-0.2, -0.15) is 0 Å². The van der Waals surface area contributed by atoms with Crippen molar-refractivity contribution in [3.8, 4) is 0 Å². The Balaban J connectivity index is 1.29. The minimum Gasteiger partial charge on any atom is -0.355 e. The molecule has 6 heteroatoms. The number of piperidine rings is 1. The van der Waals surface area contributed by atoms with Crippen LogP contribution in [0, 0.1) is 5.92 Å². The average Bonchev–Trinajstić information content (AvgIpc) is 3.30. The van der Waals surface area contributed by atoms with Crippen molar-refractivity contribution in [1.82, 2.24) is 14.7 Å². The minimum absolute atomic E-state index is 0.0257. The maximum atomic E-state index is 12.9. The molecule has 1 fully saturated rings. The third-order valence-corrected chi connectivity index (χ3v) is 6.32. The number of fused-ring (bicyclic) bond motifs is 3. The monoisotopic (exact) mass is 432 g/mol. The Morgan fingerprint density at radius 2 is 1.87 bits per heavy atom. The van der Waals surface area contributed by atoms with E-state index in [1.807, 2.05) is 42.5 Å². The Kier molecular flexibility index (Phi) is 5.51. The molecule has 2 aromatic carbocycles. The number of carbonyl (C=O) groups excluding carboxylic acids is 1. The van der Waals surface area contributed by atoms with Crippen LogP contribution in [0.15, 0.2) is 66.9 Å². The van der Waals surface area contributed by atoms with Gasteiger partial charge in [0.05, 0.1) is 22.5 Å². The van der Waals surface area contributed by atoms with Crippen molar-refractivity contribution in [3.05, 3.63) is 77.4 Å². The van der Waals surface area contributed by atoms with Crippen molar-refractivity contribution >= 4 is 39.9 Å². The number of amides is 1. The van der Waals surface area contributed by atoms with Gasteiger partial charge < -0.3 is 14.6 Å². The number of carbonyl (C=O) groups is 1. The average molecular weight is 433 g/mol. The molecule has 1 aliphatic rings. The Morgan fingerprint density at radius 1 is 1.06 bits per heavy atom. The summed E-state index contributed by atoms with van der Waals surface area (Å²) in [5.41, 5.74) is 4.32. The fourth-order valence-electron chi connectivity index (χ4n) is 4.45. The van der Waals surface area contributed by atoms with Gasteiger partial charge in [-0.1, -0.05) is 35.9 Å². The second kappa shape index (κ2) is 8.60. The maximum Gasteiger partial charge on any atom is 0.224 e. The summed E-state index contributed by atoms with van der Waals surface area (Å²) < 4.78 is 2.19. The fourth-order valence-corrected chi connectivity index (χ4v) is 4.57. The fraction of sp³-hybridized carbons (Fsp3) is 0.280. The zero-order valence-corrected chi connectivity index (χ0v) is 18.1. The highest BCUT2D eigenvalue weighted by atomic mass is 35.5. The van der Waals surface area contributed by atoms with Gasteiger partial charge in [-0.25, -0.2) is 4.98 Å². The van der Waals surface area contributed by atoms with Crippen LogP contribution in [0.1, 0.15) is 18.4 Å². The van der Waals surface area contributed by atoms with E-state index in [1.54, 1.807) is 0 Å². The predicted octanol–water partition coefficient (Wildman–Crippen LogP) is 4.72. The van der Waals surface area contributed by atoms with E-state index in [9.17, 15) is 4.79 Å². The highest BCUT2D eigenvalue weighted by Crippen LogP contribution is 2.29. The number of nitrogens with zero attached hydrogens (tertiary/aromatic N) is 3. The molecule has 0 radical (unpaired) electrons. The summed E-state index contributed by atoms with van der Waals surface area (Å²) in [6.07, 6.45) is 4.77. The van der Waals surface area contributed by atoms with Crippen molar-refractivity contribution in [3.63, 3.8) is 0 Å². The molecule has 1 saturated heterocycles.